The Kier molecular flexibility index (Phi) is 7.62. The molecular formula is C16H24ClFN2O2. The monoisotopic (exact) mass is 330 g/mol. The Labute approximate surface area is 137 Å². The lowest BCUT2D eigenvalue weighted by molar-refractivity contribution is -0.135. The highest BCUT2D eigenvalue weighted by molar-refractivity contribution is 5.85. The Morgan fingerprint density at radius 2 is 2.18 bits per heavy atom. The van der Waals surface area contributed by atoms with E-state index in [1.807, 2.05) is 4.90 Å². The molecule has 0 radical (unpaired) electrons. The summed E-state index contributed by atoms with van der Waals surface area (Å²) in [7, 11) is 0. The molecule has 1 amide bonds. The molecule has 0 aliphatic carbocycles. The molecule has 1 heterocycles. The quantitative estimate of drug-likeness (QED) is 0.903. The Balaban J connectivity index is 0.00000242. The van der Waals surface area contributed by atoms with E-state index in [2.05, 4.69) is 6.92 Å². The lowest BCUT2D eigenvalue weighted by Gasteiger charge is -2.38. The second kappa shape index (κ2) is 8.96. The number of piperidine rings is 1. The van der Waals surface area contributed by atoms with Gasteiger partial charge in [-0.15, -0.1) is 12.4 Å². The summed E-state index contributed by atoms with van der Waals surface area (Å²) in [6.07, 6.45) is 2.21. The van der Waals surface area contributed by atoms with Crippen LogP contribution in [0.5, 0.6) is 5.75 Å². The molecular weight excluding hydrogens is 307 g/mol. The van der Waals surface area contributed by atoms with Gasteiger partial charge in [0, 0.05) is 19.1 Å². The fourth-order valence-corrected chi connectivity index (χ4v) is 2.76. The normalized spacial score (nSPS) is 21.1. The number of ether oxygens (including phenoxy) is 1. The number of halogens is 2. The predicted octanol–water partition coefficient (Wildman–Crippen LogP) is 2.60. The average Bonchev–Trinajstić information content (AvgIpc) is 2.48. The van der Waals surface area contributed by atoms with E-state index in [9.17, 15) is 9.18 Å². The number of hydrogen-bond acceptors (Lipinski definition) is 3. The summed E-state index contributed by atoms with van der Waals surface area (Å²) in [5, 5.41) is 0. The highest BCUT2D eigenvalue weighted by Crippen LogP contribution is 2.22. The first-order valence-electron chi connectivity index (χ1n) is 7.48. The van der Waals surface area contributed by atoms with E-state index in [0.29, 0.717) is 12.5 Å². The van der Waals surface area contributed by atoms with Crippen molar-refractivity contribution >= 4 is 18.3 Å². The van der Waals surface area contributed by atoms with Gasteiger partial charge in [0.25, 0.3) is 0 Å². The molecule has 6 heteroatoms. The zero-order valence-electron chi connectivity index (χ0n) is 12.8. The molecule has 1 aliphatic rings. The first-order chi connectivity index (χ1) is 10.1. The van der Waals surface area contributed by atoms with E-state index in [-0.39, 0.29) is 43.1 Å². The molecule has 1 aromatic carbocycles. The minimum absolute atomic E-state index is 0. The van der Waals surface area contributed by atoms with Crippen LogP contribution in [0.1, 0.15) is 26.2 Å². The van der Waals surface area contributed by atoms with Gasteiger partial charge in [0.05, 0.1) is 13.0 Å². The van der Waals surface area contributed by atoms with Crippen LogP contribution in [-0.2, 0) is 4.79 Å². The molecule has 1 aromatic rings. The minimum atomic E-state index is -0.406. The summed E-state index contributed by atoms with van der Waals surface area (Å²) in [6.45, 7) is 3.61. The van der Waals surface area contributed by atoms with E-state index in [4.69, 9.17) is 10.5 Å². The summed E-state index contributed by atoms with van der Waals surface area (Å²) in [6, 6.07) is 6.33. The van der Waals surface area contributed by atoms with Crippen molar-refractivity contribution < 1.29 is 13.9 Å². The largest absolute Gasteiger partial charge is 0.490 e. The van der Waals surface area contributed by atoms with E-state index >= 15 is 0 Å². The Hall–Kier alpha value is -1.33. The zero-order valence-corrected chi connectivity index (χ0v) is 13.7. The van der Waals surface area contributed by atoms with Gasteiger partial charge in [0.15, 0.2) is 11.6 Å². The van der Waals surface area contributed by atoms with Gasteiger partial charge >= 0.3 is 0 Å². The van der Waals surface area contributed by atoms with Crippen LogP contribution in [0.2, 0.25) is 0 Å². The summed E-state index contributed by atoms with van der Waals surface area (Å²) in [5.74, 6) is 0.426. The standard InChI is InChI=1S/C16H23FN2O2.ClH/c1-12-6-8-19(13(10-12)11-18)16(20)7-9-21-15-5-3-2-4-14(15)17;/h2-5,12-13H,6-11,18H2,1H3;1H. The molecule has 124 valence electrons. The second-order valence-corrected chi connectivity index (χ2v) is 5.64. The van der Waals surface area contributed by atoms with Gasteiger partial charge < -0.3 is 15.4 Å². The fraction of sp³-hybridized carbons (Fsp3) is 0.562. The molecule has 2 N–H and O–H groups in total. The summed E-state index contributed by atoms with van der Waals surface area (Å²) < 4.78 is 18.7. The Bertz CT molecular complexity index is 487. The number of rotatable bonds is 5. The van der Waals surface area contributed by atoms with Crippen molar-refractivity contribution in [3.8, 4) is 5.75 Å². The number of amides is 1. The van der Waals surface area contributed by atoms with E-state index in [1.165, 1.54) is 6.07 Å². The molecule has 2 rings (SSSR count). The lowest BCUT2D eigenvalue weighted by atomic mass is 9.92. The highest BCUT2D eigenvalue weighted by Gasteiger charge is 2.28. The smallest absolute Gasteiger partial charge is 0.226 e. The number of nitrogens with zero attached hydrogens (tertiary/aromatic N) is 1. The van der Waals surface area contributed by atoms with Crippen molar-refractivity contribution in [2.24, 2.45) is 11.7 Å². The van der Waals surface area contributed by atoms with Crippen LogP contribution in [0.15, 0.2) is 24.3 Å². The van der Waals surface area contributed by atoms with E-state index in [0.717, 1.165) is 19.4 Å². The van der Waals surface area contributed by atoms with Gasteiger partial charge in [-0.3, -0.25) is 4.79 Å². The third kappa shape index (κ3) is 4.85. The van der Waals surface area contributed by atoms with Crippen molar-refractivity contribution in [3.63, 3.8) is 0 Å². The number of carbonyl (C=O) groups is 1. The topological polar surface area (TPSA) is 55.6 Å². The molecule has 1 saturated heterocycles. The third-order valence-corrected chi connectivity index (χ3v) is 3.98. The summed E-state index contributed by atoms with van der Waals surface area (Å²) in [4.78, 5) is 14.1. The van der Waals surface area contributed by atoms with E-state index in [1.54, 1.807) is 18.2 Å². The molecule has 0 spiro atoms. The molecule has 2 atom stereocenters. The van der Waals surface area contributed by atoms with Crippen molar-refractivity contribution in [1.82, 2.24) is 4.90 Å². The molecule has 4 nitrogen and oxygen atoms in total. The highest BCUT2D eigenvalue weighted by atomic mass is 35.5. The Morgan fingerprint density at radius 1 is 1.45 bits per heavy atom. The maximum absolute atomic E-state index is 13.4. The third-order valence-electron chi connectivity index (χ3n) is 3.98. The number of hydrogen-bond donors (Lipinski definition) is 1. The van der Waals surface area contributed by atoms with E-state index < -0.39 is 5.82 Å². The van der Waals surface area contributed by atoms with Crippen LogP contribution in [0.25, 0.3) is 0 Å². The number of para-hydroxylation sites is 1. The maximum atomic E-state index is 13.4. The van der Waals surface area contributed by atoms with Gasteiger partial charge in [-0.25, -0.2) is 4.39 Å². The molecule has 22 heavy (non-hydrogen) atoms. The van der Waals surface area contributed by atoms with Crippen LogP contribution in [0.3, 0.4) is 0 Å². The summed E-state index contributed by atoms with van der Waals surface area (Å²) in [5.41, 5.74) is 5.76. The van der Waals surface area contributed by atoms with Gasteiger partial charge in [0.1, 0.15) is 0 Å². The van der Waals surface area contributed by atoms with Crippen molar-refractivity contribution in [1.29, 1.82) is 0 Å². The van der Waals surface area contributed by atoms with Gasteiger partial charge in [0.2, 0.25) is 5.91 Å². The van der Waals surface area contributed by atoms with Crippen LogP contribution >= 0.6 is 12.4 Å². The van der Waals surface area contributed by atoms with Crippen molar-refractivity contribution in [2.45, 2.75) is 32.2 Å². The molecule has 1 fully saturated rings. The zero-order chi connectivity index (χ0) is 15.2. The number of carbonyl (C=O) groups excluding carboxylic acids is 1. The van der Waals surface area contributed by atoms with Gasteiger partial charge in [-0.05, 0) is 30.9 Å². The van der Waals surface area contributed by atoms with Crippen molar-refractivity contribution in [3.05, 3.63) is 30.1 Å². The van der Waals surface area contributed by atoms with Crippen LogP contribution in [-0.4, -0.2) is 36.5 Å². The predicted molar refractivity (Wildman–Crippen MR) is 86.7 cm³/mol. The van der Waals surface area contributed by atoms with Gasteiger partial charge in [-0.1, -0.05) is 19.1 Å². The molecule has 0 aromatic heterocycles. The summed E-state index contributed by atoms with van der Waals surface area (Å²) >= 11 is 0. The van der Waals surface area contributed by atoms with Crippen LogP contribution < -0.4 is 10.5 Å². The Morgan fingerprint density at radius 3 is 2.86 bits per heavy atom. The SMILES string of the molecule is CC1CCN(C(=O)CCOc2ccccc2F)C(CN)C1.Cl. The number of nitrogens with two attached hydrogens (primary N) is 1. The first-order valence-corrected chi connectivity index (χ1v) is 7.48. The lowest BCUT2D eigenvalue weighted by Crippen LogP contribution is -2.49. The fourth-order valence-electron chi connectivity index (χ4n) is 2.76. The second-order valence-electron chi connectivity index (χ2n) is 5.64. The van der Waals surface area contributed by atoms with Crippen LogP contribution in [0.4, 0.5) is 4.39 Å². The first kappa shape index (κ1) is 18.7. The van der Waals surface area contributed by atoms with Gasteiger partial charge in [-0.2, -0.15) is 0 Å². The number of benzene rings is 1. The minimum Gasteiger partial charge on any atom is -0.490 e. The molecule has 1 aliphatic heterocycles. The number of likely N-dealkylation sites (tertiary alicyclic amines) is 1. The maximum Gasteiger partial charge on any atom is 0.226 e. The van der Waals surface area contributed by atoms with Crippen LogP contribution in [0, 0.1) is 11.7 Å². The molecule has 0 saturated carbocycles. The van der Waals surface area contributed by atoms with Crippen molar-refractivity contribution in [2.75, 3.05) is 19.7 Å². The molecule has 0 bridgehead atoms. The molecule has 2 unspecified atom stereocenters. The average molecular weight is 331 g/mol.